The van der Waals surface area contributed by atoms with Crippen LogP contribution >= 0.6 is 7.82 Å². The molecule has 8 nitrogen and oxygen atoms in total. The number of hydrogen-bond donors (Lipinski definition) is 3. The van der Waals surface area contributed by atoms with Crippen molar-refractivity contribution in [1.29, 1.82) is 0 Å². The maximum Gasteiger partial charge on any atom is 0.472 e. The van der Waals surface area contributed by atoms with Gasteiger partial charge in [0.25, 0.3) is 0 Å². The summed E-state index contributed by atoms with van der Waals surface area (Å²) in [5.74, 6) is -0.199. The molecule has 0 aromatic carbocycles. The fourth-order valence-corrected chi connectivity index (χ4v) is 7.93. The van der Waals surface area contributed by atoms with Crippen LogP contribution in [0.3, 0.4) is 0 Å². The first-order valence-electron chi connectivity index (χ1n) is 27.3. The van der Waals surface area contributed by atoms with Crippen LogP contribution in [-0.4, -0.2) is 73.4 Å². The Morgan fingerprint density at radius 3 is 1.35 bits per heavy atom. The number of likely N-dealkylation sites (N-methyl/N-ethyl adjacent to an activating group) is 1. The number of amides is 1. The van der Waals surface area contributed by atoms with Gasteiger partial charge in [-0.25, -0.2) is 4.57 Å². The fraction of sp³-hybridized carbons (Fsp3) is 0.678. The van der Waals surface area contributed by atoms with Gasteiger partial charge in [0.1, 0.15) is 13.2 Å². The number of quaternary nitrogens is 1. The first-order chi connectivity index (χ1) is 33.0. The van der Waals surface area contributed by atoms with E-state index in [-0.39, 0.29) is 19.1 Å². The predicted molar refractivity (Wildman–Crippen MR) is 295 cm³/mol. The molecule has 0 heterocycles. The Labute approximate surface area is 419 Å². The highest BCUT2D eigenvalue weighted by molar-refractivity contribution is 7.47. The first kappa shape index (κ1) is 65.2. The van der Waals surface area contributed by atoms with Crippen molar-refractivity contribution < 1.29 is 32.9 Å². The molecule has 9 heteroatoms. The largest absolute Gasteiger partial charge is 0.472 e. The second kappa shape index (κ2) is 49.2. The molecule has 0 aromatic rings. The molecule has 0 aliphatic rings. The molecular weight excluding hydrogens is 864 g/mol. The topological polar surface area (TPSA) is 105 Å². The van der Waals surface area contributed by atoms with Crippen molar-refractivity contribution in [2.75, 3.05) is 40.9 Å². The number of carbonyl (C=O) groups excluding carboxylic acids is 1. The molecule has 0 aliphatic carbocycles. The lowest BCUT2D eigenvalue weighted by Gasteiger charge is -2.25. The van der Waals surface area contributed by atoms with Crippen LogP contribution < -0.4 is 5.32 Å². The number of phosphoric acid groups is 1. The molecule has 0 aromatic heterocycles. The van der Waals surface area contributed by atoms with Gasteiger partial charge in [0.15, 0.2) is 0 Å². The summed E-state index contributed by atoms with van der Waals surface area (Å²) in [6, 6.07) is -0.877. The van der Waals surface area contributed by atoms with Crippen LogP contribution in [-0.2, 0) is 18.4 Å². The lowest BCUT2D eigenvalue weighted by Crippen LogP contribution is -2.45. The second-order valence-electron chi connectivity index (χ2n) is 19.2. The molecule has 0 rings (SSSR count). The zero-order valence-electron chi connectivity index (χ0n) is 44.3. The lowest BCUT2D eigenvalue weighted by atomic mass is 10.0. The van der Waals surface area contributed by atoms with Crippen molar-refractivity contribution in [3.05, 3.63) is 109 Å². The maximum absolute atomic E-state index is 12.9. The number of nitrogens with zero attached hydrogens (tertiary/aromatic N) is 1. The molecule has 0 aliphatic heterocycles. The number of aliphatic hydroxyl groups excluding tert-OH is 1. The average molecular weight is 968 g/mol. The Morgan fingerprint density at radius 1 is 0.515 bits per heavy atom. The monoisotopic (exact) mass is 968 g/mol. The summed E-state index contributed by atoms with van der Waals surface area (Å²) in [5, 5.41) is 13.9. The molecule has 0 spiro atoms. The minimum absolute atomic E-state index is 0.0481. The number of aliphatic hydroxyl groups is 1. The van der Waals surface area contributed by atoms with Gasteiger partial charge in [-0.1, -0.05) is 213 Å². The third-order valence-electron chi connectivity index (χ3n) is 11.5. The molecule has 0 saturated heterocycles. The number of carbonyl (C=O) groups is 1. The van der Waals surface area contributed by atoms with Gasteiger partial charge in [0.2, 0.25) is 5.91 Å². The van der Waals surface area contributed by atoms with E-state index in [1.54, 1.807) is 6.08 Å². The number of allylic oxidation sites excluding steroid dienone is 17. The Hall–Kier alpha value is -2.84. The van der Waals surface area contributed by atoms with E-state index in [0.29, 0.717) is 17.4 Å². The molecule has 3 atom stereocenters. The third kappa shape index (κ3) is 51.0. The summed E-state index contributed by atoms with van der Waals surface area (Å²) in [6.07, 6.45) is 71.8. The number of rotatable bonds is 48. The highest BCUT2D eigenvalue weighted by Crippen LogP contribution is 2.43. The highest BCUT2D eigenvalue weighted by atomic mass is 31.2. The van der Waals surface area contributed by atoms with Crippen LogP contribution in [0.2, 0.25) is 0 Å². The quantitative estimate of drug-likeness (QED) is 0.0243. The summed E-state index contributed by atoms with van der Waals surface area (Å²) in [6.45, 7) is 4.64. The van der Waals surface area contributed by atoms with Gasteiger partial charge in [-0.15, -0.1) is 0 Å². The smallest absolute Gasteiger partial charge is 0.387 e. The Kier molecular flexibility index (Phi) is 47.1. The van der Waals surface area contributed by atoms with Gasteiger partial charge in [-0.3, -0.25) is 13.8 Å². The normalized spacial score (nSPS) is 14.9. The predicted octanol–water partition coefficient (Wildman–Crippen LogP) is 16.4. The van der Waals surface area contributed by atoms with E-state index in [9.17, 15) is 19.4 Å². The van der Waals surface area contributed by atoms with Crippen molar-refractivity contribution >= 4 is 13.7 Å². The van der Waals surface area contributed by atoms with E-state index in [0.717, 1.165) is 83.5 Å². The lowest BCUT2D eigenvalue weighted by molar-refractivity contribution is -0.870. The van der Waals surface area contributed by atoms with Gasteiger partial charge < -0.3 is 19.8 Å². The summed E-state index contributed by atoms with van der Waals surface area (Å²) < 4.78 is 23.6. The molecular formula is C59H104N2O6P+. The van der Waals surface area contributed by atoms with E-state index >= 15 is 0 Å². The summed E-state index contributed by atoms with van der Waals surface area (Å²) in [4.78, 5) is 23.2. The average Bonchev–Trinajstić information content (AvgIpc) is 3.30. The molecule has 390 valence electrons. The van der Waals surface area contributed by atoms with Crippen molar-refractivity contribution in [3.8, 4) is 0 Å². The Morgan fingerprint density at radius 2 is 0.897 bits per heavy atom. The number of nitrogens with one attached hydrogen (secondary N) is 1. The second-order valence-corrected chi connectivity index (χ2v) is 20.7. The molecule has 0 radical (unpaired) electrons. The van der Waals surface area contributed by atoms with Crippen LogP contribution in [0.4, 0.5) is 0 Å². The first-order valence-corrected chi connectivity index (χ1v) is 28.8. The van der Waals surface area contributed by atoms with E-state index in [1.165, 1.54) is 103 Å². The van der Waals surface area contributed by atoms with Gasteiger partial charge in [-0.05, 0) is 96.3 Å². The zero-order valence-corrected chi connectivity index (χ0v) is 45.2. The van der Waals surface area contributed by atoms with Crippen molar-refractivity contribution in [2.24, 2.45) is 0 Å². The SMILES string of the molecule is CC/C=C\C/C=C\C/C=C\C/C=C\C/C=C\C/C=C\CCCCCCCCCCCCCCC(=O)NC(COP(=O)(O)OCC[N+](C)(C)C)C(O)/C=C/CC/C=C/CC/C=C/CCCCCCC. The molecule has 1 amide bonds. The fourth-order valence-electron chi connectivity index (χ4n) is 7.19. The third-order valence-corrected chi connectivity index (χ3v) is 12.4. The van der Waals surface area contributed by atoms with Crippen LogP contribution in [0, 0.1) is 0 Å². The summed E-state index contributed by atoms with van der Waals surface area (Å²) in [5.41, 5.74) is 0. The van der Waals surface area contributed by atoms with Gasteiger partial charge in [0, 0.05) is 6.42 Å². The van der Waals surface area contributed by atoms with Crippen molar-refractivity contribution in [3.63, 3.8) is 0 Å². The van der Waals surface area contributed by atoms with E-state index in [4.69, 9.17) is 9.05 Å². The number of unbranched alkanes of at least 4 members (excludes halogenated alkanes) is 19. The van der Waals surface area contributed by atoms with Crippen LogP contribution in [0.15, 0.2) is 109 Å². The van der Waals surface area contributed by atoms with Gasteiger partial charge >= 0.3 is 7.82 Å². The Balaban J connectivity index is 4.22. The van der Waals surface area contributed by atoms with Crippen LogP contribution in [0.25, 0.3) is 0 Å². The van der Waals surface area contributed by atoms with E-state index in [1.807, 2.05) is 27.2 Å². The van der Waals surface area contributed by atoms with Gasteiger partial charge in [0.05, 0.1) is 39.9 Å². The molecule has 68 heavy (non-hydrogen) atoms. The summed E-state index contributed by atoms with van der Waals surface area (Å²) in [7, 11) is 1.53. The highest BCUT2D eigenvalue weighted by Gasteiger charge is 2.27. The van der Waals surface area contributed by atoms with Crippen molar-refractivity contribution in [2.45, 2.75) is 219 Å². The Bertz CT molecular complexity index is 1470. The molecule has 0 fully saturated rings. The van der Waals surface area contributed by atoms with Crippen molar-refractivity contribution in [1.82, 2.24) is 5.32 Å². The molecule has 3 N–H and O–H groups in total. The molecule has 0 bridgehead atoms. The van der Waals surface area contributed by atoms with Crippen LogP contribution in [0.1, 0.15) is 206 Å². The summed E-state index contributed by atoms with van der Waals surface area (Å²) >= 11 is 0. The minimum Gasteiger partial charge on any atom is -0.387 e. The number of hydrogen-bond acceptors (Lipinski definition) is 5. The maximum atomic E-state index is 12.9. The number of phosphoric ester groups is 1. The van der Waals surface area contributed by atoms with Gasteiger partial charge in [-0.2, -0.15) is 0 Å². The standard InChI is InChI=1S/C59H103N2O6P/c1-6-8-10-12-14-16-18-20-22-23-24-25-26-27-28-29-30-31-32-33-34-35-36-37-39-41-43-45-47-49-51-53-59(63)60-57(56-67-68(64,65)66-55-54-61(3,4)5)58(62)52-50-48-46-44-42-40-38-21-19-17-15-13-11-9-7-2/h8,10,14,16,19-22,24-25,27-28,30-31,42,44,50,52,57-58,62H,6-7,9,11-13,15,17-18,23,26,29,32-41,43,45-49,51,53-56H2,1-5H3,(H-,60,63,64,65)/p+1/b10-8-,16-14-,21-19+,22-20-,25-24-,28-27-,31-30-,44-42+,52-50+. The molecule has 0 saturated carbocycles. The minimum atomic E-state index is -4.36. The van der Waals surface area contributed by atoms with E-state index in [2.05, 4.69) is 116 Å². The zero-order chi connectivity index (χ0) is 49.9. The van der Waals surface area contributed by atoms with Crippen LogP contribution in [0.5, 0.6) is 0 Å². The molecule has 3 unspecified atom stereocenters. The van der Waals surface area contributed by atoms with E-state index < -0.39 is 20.0 Å².